The van der Waals surface area contributed by atoms with E-state index in [0.29, 0.717) is 30.7 Å². The van der Waals surface area contributed by atoms with E-state index >= 15 is 0 Å². The van der Waals surface area contributed by atoms with Gasteiger partial charge < -0.3 is 20.1 Å². The van der Waals surface area contributed by atoms with Gasteiger partial charge in [0.1, 0.15) is 5.60 Å². The van der Waals surface area contributed by atoms with Crippen LogP contribution in [0.1, 0.15) is 60.8 Å². The van der Waals surface area contributed by atoms with Crippen LogP contribution in [0, 0.1) is 0 Å². The number of hydrogen-bond donors (Lipinski definition) is 1. The van der Waals surface area contributed by atoms with E-state index in [-0.39, 0.29) is 18.1 Å². The molecule has 0 aromatic rings. The number of carbonyl (C=O) groups is 2. The van der Waals surface area contributed by atoms with Crippen molar-refractivity contribution < 1.29 is 19.1 Å². The van der Waals surface area contributed by atoms with E-state index in [1.807, 2.05) is 27.7 Å². The van der Waals surface area contributed by atoms with Crippen LogP contribution in [0.3, 0.4) is 0 Å². The van der Waals surface area contributed by atoms with Gasteiger partial charge in [0.15, 0.2) is 0 Å². The quantitative estimate of drug-likeness (QED) is 0.618. The molecular weight excluding hydrogens is 320 g/mol. The molecule has 1 amide bonds. The van der Waals surface area contributed by atoms with Gasteiger partial charge in [0.25, 0.3) is 0 Å². The van der Waals surface area contributed by atoms with E-state index in [0.717, 1.165) is 17.6 Å². The molecule has 1 aliphatic carbocycles. The Morgan fingerprint density at radius 1 is 1.32 bits per heavy atom. The average Bonchev–Trinajstić information content (AvgIpc) is 2.46. The van der Waals surface area contributed by atoms with Gasteiger partial charge in [-0.05, 0) is 66.4 Å². The van der Waals surface area contributed by atoms with Gasteiger partial charge in [-0.2, -0.15) is 0 Å². The monoisotopic (exact) mass is 352 g/mol. The highest BCUT2D eigenvalue weighted by molar-refractivity contribution is 5.94. The van der Waals surface area contributed by atoms with E-state index in [1.54, 1.807) is 25.8 Å². The molecule has 0 bridgehead atoms. The summed E-state index contributed by atoms with van der Waals surface area (Å²) in [5.74, 6) is -0.379. The van der Waals surface area contributed by atoms with Crippen LogP contribution in [-0.2, 0) is 14.3 Å². The molecular formula is C19H32N2O4. The highest BCUT2D eigenvalue weighted by Gasteiger charge is 2.31. The molecule has 0 spiro atoms. The minimum Gasteiger partial charge on any atom is -0.462 e. The van der Waals surface area contributed by atoms with Crippen LogP contribution in [0.25, 0.3) is 0 Å². The van der Waals surface area contributed by atoms with Crippen molar-refractivity contribution in [2.45, 2.75) is 72.4 Å². The summed E-state index contributed by atoms with van der Waals surface area (Å²) in [7, 11) is 1.76. The maximum atomic E-state index is 12.3. The second-order valence-electron chi connectivity index (χ2n) is 7.53. The predicted octanol–water partition coefficient (Wildman–Crippen LogP) is 3.52. The molecule has 0 aromatic heterocycles. The number of ether oxygens (including phenoxy) is 2. The maximum Gasteiger partial charge on any atom is 0.410 e. The Morgan fingerprint density at radius 3 is 2.36 bits per heavy atom. The Balaban J connectivity index is 2.95. The molecule has 0 fully saturated rings. The lowest BCUT2D eigenvalue weighted by molar-refractivity contribution is -0.138. The minimum atomic E-state index is -0.521. The third kappa shape index (κ3) is 5.80. The third-order valence-corrected chi connectivity index (χ3v) is 4.19. The predicted molar refractivity (Wildman–Crippen MR) is 97.9 cm³/mol. The van der Waals surface area contributed by atoms with Gasteiger partial charge in [-0.1, -0.05) is 5.57 Å². The topological polar surface area (TPSA) is 81.9 Å². The number of amides is 1. The van der Waals surface area contributed by atoms with E-state index in [9.17, 15) is 9.59 Å². The number of rotatable bonds is 4. The zero-order valence-electron chi connectivity index (χ0n) is 16.6. The number of hydrogen-bond acceptors (Lipinski definition) is 5. The first-order valence-corrected chi connectivity index (χ1v) is 8.76. The summed E-state index contributed by atoms with van der Waals surface area (Å²) in [6, 6.07) is 0.0418. The number of allylic oxidation sites excluding steroid dienone is 1. The van der Waals surface area contributed by atoms with Gasteiger partial charge in [-0.3, -0.25) is 0 Å². The summed E-state index contributed by atoms with van der Waals surface area (Å²) in [5, 5.41) is 0. The molecule has 0 heterocycles. The minimum absolute atomic E-state index is 0.0418. The molecule has 6 heteroatoms. The van der Waals surface area contributed by atoms with Crippen LogP contribution in [0.15, 0.2) is 22.4 Å². The van der Waals surface area contributed by atoms with Crippen LogP contribution in [0.5, 0.6) is 0 Å². The van der Waals surface area contributed by atoms with Gasteiger partial charge >= 0.3 is 12.1 Å². The standard InChI is InChI=1S/C19H32N2O4/c1-8-24-17(22)16(13(3)20)15-10-9-14(11-12(15)2)21(7)18(23)25-19(4,5)6/h14H,8-11,20H2,1-7H3/b16-13-. The van der Waals surface area contributed by atoms with Crippen molar-refractivity contribution in [3.8, 4) is 0 Å². The molecule has 0 radical (unpaired) electrons. The molecule has 1 atom stereocenters. The van der Waals surface area contributed by atoms with Gasteiger partial charge in [-0.25, -0.2) is 9.59 Å². The maximum absolute atomic E-state index is 12.3. The molecule has 2 N–H and O–H groups in total. The average molecular weight is 352 g/mol. The highest BCUT2D eigenvalue weighted by atomic mass is 16.6. The zero-order valence-corrected chi connectivity index (χ0v) is 16.6. The molecule has 0 saturated carbocycles. The summed E-state index contributed by atoms with van der Waals surface area (Å²) in [6.07, 6.45) is 1.77. The van der Waals surface area contributed by atoms with Crippen molar-refractivity contribution in [3.63, 3.8) is 0 Å². The fourth-order valence-electron chi connectivity index (χ4n) is 2.98. The number of carbonyl (C=O) groups excluding carboxylic acids is 2. The Kier molecular flexibility index (Phi) is 7.08. The first-order valence-electron chi connectivity index (χ1n) is 8.76. The fraction of sp³-hybridized carbons (Fsp3) is 0.684. The lowest BCUT2D eigenvalue weighted by Crippen LogP contribution is -2.42. The molecule has 0 saturated heterocycles. The Morgan fingerprint density at radius 2 is 1.92 bits per heavy atom. The van der Waals surface area contributed by atoms with Crippen LogP contribution < -0.4 is 5.73 Å². The number of nitrogens with two attached hydrogens (primary N) is 1. The zero-order chi connectivity index (χ0) is 19.4. The number of esters is 1. The summed E-state index contributed by atoms with van der Waals surface area (Å²) >= 11 is 0. The van der Waals surface area contributed by atoms with E-state index in [2.05, 4.69) is 0 Å². The van der Waals surface area contributed by atoms with Crippen molar-refractivity contribution in [2.24, 2.45) is 5.73 Å². The lowest BCUT2D eigenvalue weighted by atomic mass is 9.84. The highest BCUT2D eigenvalue weighted by Crippen LogP contribution is 2.33. The van der Waals surface area contributed by atoms with Crippen molar-refractivity contribution in [3.05, 3.63) is 22.4 Å². The van der Waals surface area contributed by atoms with E-state index in [1.165, 1.54) is 0 Å². The molecule has 142 valence electrons. The first-order chi connectivity index (χ1) is 11.5. The Labute approximate surface area is 151 Å². The van der Waals surface area contributed by atoms with Gasteiger partial charge in [-0.15, -0.1) is 0 Å². The number of nitrogens with zero attached hydrogens (tertiary/aromatic N) is 1. The smallest absolute Gasteiger partial charge is 0.410 e. The largest absolute Gasteiger partial charge is 0.462 e. The van der Waals surface area contributed by atoms with Crippen molar-refractivity contribution in [1.82, 2.24) is 4.90 Å². The van der Waals surface area contributed by atoms with Crippen LogP contribution in [0.2, 0.25) is 0 Å². The molecule has 1 aliphatic rings. The lowest BCUT2D eigenvalue weighted by Gasteiger charge is -2.34. The van der Waals surface area contributed by atoms with Gasteiger partial charge in [0.05, 0.1) is 12.2 Å². The van der Waals surface area contributed by atoms with Crippen LogP contribution >= 0.6 is 0 Å². The van der Waals surface area contributed by atoms with Crippen molar-refractivity contribution >= 4 is 12.1 Å². The summed E-state index contributed by atoms with van der Waals surface area (Å²) < 4.78 is 10.6. The Bertz CT molecular complexity index is 581. The Hall–Kier alpha value is -1.98. The van der Waals surface area contributed by atoms with Gasteiger partial charge in [0, 0.05) is 18.8 Å². The van der Waals surface area contributed by atoms with Crippen molar-refractivity contribution in [2.75, 3.05) is 13.7 Å². The SMILES string of the molecule is CCOC(=O)/C(C1=C(C)CC(N(C)C(=O)OC(C)(C)C)CC1)=C(/C)N. The normalized spacial score (nSPS) is 19.2. The van der Waals surface area contributed by atoms with E-state index in [4.69, 9.17) is 15.2 Å². The van der Waals surface area contributed by atoms with E-state index < -0.39 is 5.60 Å². The van der Waals surface area contributed by atoms with Crippen LogP contribution in [-0.4, -0.2) is 42.3 Å². The molecule has 0 aliphatic heterocycles. The molecule has 25 heavy (non-hydrogen) atoms. The molecule has 1 rings (SSSR count). The van der Waals surface area contributed by atoms with Crippen LogP contribution in [0.4, 0.5) is 4.79 Å². The molecule has 6 nitrogen and oxygen atoms in total. The summed E-state index contributed by atoms with van der Waals surface area (Å²) in [5.41, 5.74) is 8.34. The van der Waals surface area contributed by atoms with Gasteiger partial charge in [0.2, 0.25) is 0 Å². The fourth-order valence-corrected chi connectivity index (χ4v) is 2.98. The second-order valence-corrected chi connectivity index (χ2v) is 7.53. The summed E-state index contributed by atoms with van der Waals surface area (Å²) in [4.78, 5) is 26.1. The first kappa shape index (κ1) is 21.1. The molecule has 1 unspecified atom stereocenters. The van der Waals surface area contributed by atoms with Crippen molar-refractivity contribution in [1.29, 1.82) is 0 Å². The molecule has 0 aromatic carbocycles. The third-order valence-electron chi connectivity index (χ3n) is 4.19. The second kappa shape index (κ2) is 8.41. The summed E-state index contributed by atoms with van der Waals surface area (Å²) in [6.45, 7) is 11.3.